The SMILES string of the molecule is COCCCn1c(C2CCCN(C(=O)CC(N)CNS(=O)(=O)c3c(Cl)cccc3Cl)C2)nc2ccccc21. The fraction of sp³-hybridized carbons (Fsp3) is 0.462. The zero-order valence-corrected chi connectivity index (χ0v) is 23.6. The third-order valence-electron chi connectivity index (χ3n) is 6.71. The van der Waals surface area contributed by atoms with Crippen molar-refractivity contribution in [3.63, 3.8) is 0 Å². The number of aryl methyl sites for hydroxylation is 1. The van der Waals surface area contributed by atoms with Crippen LogP contribution >= 0.6 is 23.2 Å². The molecule has 3 N–H and O–H groups in total. The lowest BCUT2D eigenvalue weighted by Gasteiger charge is -2.33. The number of halogens is 2. The largest absolute Gasteiger partial charge is 0.385 e. The normalized spacial score (nSPS) is 17.2. The van der Waals surface area contributed by atoms with Crippen LogP contribution in [0.25, 0.3) is 11.0 Å². The molecule has 1 aliphatic rings. The molecule has 0 saturated carbocycles. The number of likely N-dealkylation sites (tertiary alicyclic amines) is 1. The molecule has 1 amide bonds. The Morgan fingerprint density at radius 2 is 1.95 bits per heavy atom. The lowest BCUT2D eigenvalue weighted by molar-refractivity contribution is -0.132. The lowest BCUT2D eigenvalue weighted by Crippen LogP contribution is -2.45. The van der Waals surface area contributed by atoms with Crippen molar-refractivity contribution in [2.24, 2.45) is 5.73 Å². The number of sulfonamides is 1. The van der Waals surface area contributed by atoms with E-state index in [0.717, 1.165) is 42.7 Å². The third kappa shape index (κ3) is 6.67. The van der Waals surface area contributed by atoms with Crippen LogP contribution in [0, 0.1) is 0 Å². The van der Waals surface area contributed by atoms with Gasteiger partial charge in [-0.25, -0.2) is 18.1 Å². The Hall–Kier alpha value is -2.21. The summed E-state index contributed by atoms with van der Waals surface area (Å²) in [6.45, 7) is 2.50. The van der Waals surface area contributed by atoms with Crippen LogP contribution in [0.5, 0.6) is 0 Å². The quantitative estimate of drug-likeness (QED) is 0.332. The smallest absolute Gasteiger partial charge is 0.243 e. The number of carbonyl (C=O) groups is 1. The van der Waals surface area contributed by atoms with Crippen LogP contribution in [0.15, 0.2) is 47.4 Å². The summed E-state index contributed by atoms with van der Waals surface area (Å²) in [5.41, 5.74) is 8.18. The predicted molar refractivity (Wildman–Crippen MR) is 149 cm³/mol. The van der Waals surface area contributed by atoms with E-state index in [0.29, 0.717) is 19.7 Å². The first kappa shape index (κ1) is 28.8. The molecule has 0 radical (unpaired) electrons. The molecule has 1 fully saturated rings. The molecule has 1 aliphatic heterocycles. The highest BCUT2D eigenvalue weighted by molar-refractivity contribution is 7.89. The zero-order valence-electron chi connectivity index (χ0n) is 21.3. The summed E-state index contributed by atoms with van der Waals surface area (Å²) < 4.78 is 35.4. The second kappa shape index (κ2) is 12.8. The zero-order chi connectivity index (χ0) is 27.3. The number of ether oxygens (including phenoxy) is 1. The molecule has 2 unspecified atom stereocenters. The van der Waals surface area contributed by atoms with Crippen LogP contribution in [0.4, 0.5) is 0 Å². The first-order chi connectivity index (χ1) is 18.2. The van der Waals surface area contributed by atoms with Crippen molar-refractivity contribution in [1.82, 2.24) is 19.2 Å². The van der Waals surface area contributed by atoms with Crippen molar-refractivity contribution < 1.29 is 17.9 Å². The van der Waals surface area contributed by atoms with E-state index in [1.54, 1.807) is 13.2 Å². The molecule has 1 aromatic heterocycles. The van der Waals surface area contributed by atoms with Crippen LogP contribution in [0.3, 0.4) is 0 Å². The molecule has 0 aliphatic carbocycles. The van der Waals surface area contributed by atoms with Crippen molar-refractivity contribution in [3.8, 4) is 0 Å². The molecule has 0 bridgehead atoms. The van der Waals surface area contributed by atoms with Gasteiger partial charge < -0.3 is 19.9 Å². The highest BCUT2D eigenvalue weighted by atomic mass is 35.5. The third-order valence-corrected chi connectivity index (χ3v) is 9.09. The minimum Gasteiger partial charge on any atom is -0.385 e. The van der Waals surface area contributed by atoms with E-state index < -0.39 is 16.1 Å². The summed E-state index contributed by atoms with van der Waals surface area (Å²) in [7, 11) is -2.29. The van der Waals surface area contributed by atoms with Crippen molar-refractivity contribution >= 4 is 50.2 Å². The van der Waals surface area contributed by atoms with Gasteiger partial charge in [-0.1, -0.05) is 41.4 Å². The summed E-state index contributed by atoms with van der Waals surface area (Å²) in [6, 6.07) is 11.8. The van der Waals surface area contributed by atoms with Crippen LogP contribution in [-0.4, -0.2) is 68.2 Å². The summed E-state index contributed by atoms with van der Waals surface area (Å²) >= 11 is 12.1. The maximum Gasteiger partial charge on any atom is 0.243 e. The van der Waals surface area contributed by atoms with Gasteiger partial charge in [-0.05, 0) is 43.5 Å². The van der Waals surface area contributed by atoms with Crippen molar-refractivity contribution in [2.45, 2.75) is 49.1 Å². The average Bonchev–Trinajstić information content (AvgIpc) is 3.26. The molecule has 206 valence electrons. The summed E-state index contributed by atoms with van der Waals surface area (Å²) in [5.74, 6) is 0.965. The monoisotopic (exact) mass is 581 g/mol. The molecule has 1 saturated heterocycles. The van der Waals surface area contributed by atoms with Crippen LogP contribution in [0.2, 0.25) is 10.0 Å². The average molecular weight is 583 g/mol. The van der Waals surface area contributed by atoms with Crippen LogP contribution < -0.4 is 10.5 Å². The van der Waals surface area contributed by atoms with Crippen LogP contribution in [0.1, 0.15) is 37.4 Å². The molecular weight excluding hydrogens is 549 g/mol. The van der Waals surface area contributed by atoms with E-state index in [1.165, 1.54) is 12.1 Å². The van der Waals surface area contributed by atoms with Gasteiger partial charge in [0.05, 0.1) is 21.1 Å². The number of piperidine rings is 1. The fourth-order valence-corrected chi connectivity index (χ4v) is 7.11. The number of rotatable bonds is 11. The second-order valence-corrected chi connectivity index (χ2v) is 12.0. The Labute approximate surface area is 233 Å². The number of nitrogens with two attached hydrogens (primary N) is 1. The second-order valence-electron chi connectivity index (χ2n) is 9.50. The van der Waals surface area contributed by atoms with Gasteiger partial charge in [-0.2, -0.15) is 0 Å². The highest BCUT2D eigenvalue weighted by Gasteiger charge is 2.30. The fourth-order valence-electron chi connectivity index (χ4n) is 4.88. The summed E-state index contributed by atoms with van der Waals surface area (Å²) in [6.07, 6.45) is 2.66. The Bertz CT molecular complexity index is 1360. The van der Waals surface area contributed by atoms with Gasteiger partial charge in [0.2, 0.25) is 15.9 Å². The van der Waals surface area contributed by atoms with Crippen LogP contribution in [-0.2, 0) is 26.1 Å². The van der Waals surface area contributed by atoms with E-state index >= 15 is 0 Å². The molecule has 38 heavy (non-hydrogen) atoms. The van der Waals surface area contributed by atoms with Gasteiger partial charge in [0.1, 0.15) is 10.7 Å². The van der Waals surface area contributed by atoms with E-state index in [9.17, 15) is 13.2 Å². The number of amides is 1. The number of fused-ring (bicyclic) bond motifs is 1. The van der Waals surface area contributed by atoms with Gasteiger partial charge in [0.15, 0.2) is 0 Å². The summed E-state index contributed by atoms with van der Waals surface area (Å²) in [4.78, 5) is 19.7. The molecule has 2 heterocycles. The highest BCUT2D eigenvalue weighted by Crippen LogP contribution is 2.31. The van der Waals surface area contributed by atoms with Gasteiger partial charge in [0.25, 0.3) is 0 Å². The number of imidazole rings is 1. The lowest BCUT2D eigenvalue weighted by atomic mass is 9.96. The van der Waals surface area contributed by atoms with Crippen molar-refractivity contribution in [1.29, 1.82) is 0 Å². The number of nitrogens with one attached hydrogen (secondary N) is 1. The maximum atomic E-state index is 13.1. The van der Waals surface area contributed by atoms with Gasteiger partial charge in [0, 0.05) is 58.3 Å². The number of hydrogen-bond donors (Lipinski definition) is 2. The number of aromatic nitrogens is 2. The van der Waals surface area contributed by atoms with E-state index in [2.05, 4.69) is 15.4 Å². The molecule has 0 spiro atoms. The molecule has 3 aromatic rings. The van der Waals surface area contributed by atoms with Crippen molar-refractivity contribution in [3.05, 3.63) is 58.3 Å². The first-order valence-electron chi connectivity index (χ1n) is 12.6. The Balaban J connectivity index is 1.40. The molecule has 2 atom stereocenters. The van der Waals surface area contributed by atoms with E-state index in [4.69, 9.17) is 38.7 Å². The standard InChI is InChI=1S/C26H33Cl2N5O4S/c1-37-14-6-13-33-23-11-3-2-10-22(23)31-26(33)18-7-5-12-32(17-18)24(34)15-19(29)16-30-38(35,36)25-20(27)8-4-9-21(25)28/h2-4,8-11,18-19,30H,5-7,12-17,29H2,1H3. The molecule has 4 rings (SSSR count). The number of methoxy groups -OCH3 is 1. The summed E-state index contributed by atoms with van der Waals surface area (Å²) in [5, 5.41) is 0.0319. The van der Waals surface area contributed by atoms with E-state index in [1.807, 2.05) is 23.1 Å². The number of nitrogens with zero attached hydrogens (tertiary/aromatic N) is 3. The van der Waals surface area contributed by atoms with Gasteiger partial charge in [-0.3, -0.25) is 4.79 Å². The Kier molecular flexibility index (Phi) is 9.67. The molecular formula is C26H33Cl2N5O4S. The van der Waals surface area contributed by atoms with Crippen molar-refractivity contribution in [2.75, 3.05) is 33.4 Å². The molecule has 9 nitrogen and oxygen atoms in total. The molecule has 12 heteroatoms. The van der Waals surface area contributed by atoms with E-state index in [-0.39, 0.29) is 39.7 Å². The first-order valence-corrected chi connectivity index (χ1v) is 14.9. The predicted octanol–water partition coefficient (Wildman–Crippen LogP) is 3.78. The maximum absolute atomic E-state index is 13.1. The minimum atomic E-state index is -3.99. The Morgan fingerprint density at radius 1 is 1.21 bits per heavy atom. The minimum absolute atomic E-state index is 0.00967. The Morgan fingerprint density at radius 3 is 2.68 bits per heavy atom. The topological polar surface area (TPSA) is 120 Å². The number of hydrogen-bond acceptors (Lipinski definition) is 6. The molecule has 2 aromatic carbocycles. The number of para-hydroxylation sites is 2. The van der Waals surface area contributed by atoms with Gasteiger partial charge in [-0.15, -0.1) is 0 Å². The number of carbonyl (C=O) groups excluding carboxylic acids is 1. The number of benzene rings is 2. The van der Waals surface area contributed by atoms with Gasteiger partial charge >= 0.3 is 0 Å².